The second kappa shape index (κ2) is 5.18. The standard InChI is InChI=1S/C13H17N3O2/c1-8-6-9(2)12(10(7-8)17-3)13-16-15-11(18-13)4-5-14/h6-7H,4-5,14H2,1-3H3. The third kappa shape index (κ3) is 2.36. The molecule has 2 aromatic rings. The van der Waals surface area contributed by atoms with E-state index in [0.29, 0.717) is 24.7 Å². The Morgan fingerprint density at radius 3 is 2.72 bits per heavy atom. The van der Waals surface area contributed by atoms with E-state index in [2.05, 4.69) is 16.3 Å². The highest BCUT2D eigenvalue weighted by molar-refractivity contribution is 5.67. The van der Waals surface area contributed by atoms with Crippen LogP contribution in [0.1, 0.15) is 17.0 Å². The van der Waals surface area contributed by atoms with Crippen molar-refractivity contribution < 1.29 is 9.15 Å². The van der Waals surface area contributed by atoms with Crippen molar-refractivity contribution in [2.75, 3.05) is 13.7 Å². The molecule has 96 valence electrons. The van der Waals surface area contributed by atoms with Crippen LogP contribution in [0.5, 0.6) is 5.75 Å². The molecule has 0 saturated heterocycles. The minimum absolute atomic E-state index is 0.479. The van der Waals surface area contributed by atoms with Crippen molar-refractivity contribution in [2.45, 2.75) is 20.3 Å². The number of methoxy groups -OCH3 is 1. The Morgan fingerprint density at radius 1 is 1.28 bits per heavy atom. The Kier molecular flexibility index (Phi) is 3.62. The van der Waals surface area contributed by atoms with E-state index in [4.69, 9.17) is 14.9 Å². The number of aromatic nitrogens is 2. The number of nitrogens with zero attached hydrogens (tertiary/aromatic N) is 2. The molecular formula is C13H17N3O2. The lowest BCUT2D eigenvalue weighted by Crippen LogP contribution is -2.02. The van der Waals surface area contributed by atoms with Crippen molar-refractivity contribution in [3.05, 3.63) is 29.2 Å². The van der Waals surface area contributed by atoms with Gasteiger partial charge >= 0.3 is 0 Å². The Balaban J connectivity index is 2.48. The van der Waals surface area contributed by atoms with Gasteiger partial charge in [-0.05, 0) is 31.0 Å². The van der Waals surface area contributed by atoms with Gasteiger partial charge in [-0.2, -0.15) is 0 Å². The molecule has 0 amide bonds. The molecule has 0 atom stereocenters. The van der Waals surface area contributed by atoms with Crippen LogP contribution >= 0.6 is 0 Å². The van der Waals surface area contributed by atoms with Gasteiger partial charge in [0.2, 0.25) is 5.89 Å². The second-order valence-electron chi connectivity index (χ2n) is 4.20. The van der Waals surface area contributed by atoms with Crippen molar-refractivity contribution in [3.63, 3.8) is 0 Å². The van der Waals surface area contributed by atoms with Crippen molar-refractivity contribution in [2.24, 2.45) is 5.73 Å². The van der Waals surface area contributed by atoms with Crippen LogP contribution < -0.4 is 10.5 Å². The Hall–Kier alpha value is -1.88. The molecule has 0 aliphatic carbocycles. The van der Waals surface area contributed by atoms with Gasteiger partial charge in [0.25, 0.3) is 5.89 Å². The smallest absolute Gasteiger partial charge is 0.251 e. The summed E-state index contributed by atoms with van der Waals surface area (Å²) in [6.07, 6.45) is 0.584. The highest BCUT2D eigenvalue weighted by Gasteiger charge is 2.16. The molecule has 5 nitrogen and oxygen atoms in total. The molecule has 0 aliphatic heterocycles. The highest BCUT2D eigenvalue weighted by atomic mass is 16.5. The first-order valence-electron chi connectivity index (χ1n) is 5.83. The maximum Gasteiger partial charge on any atom is 0.251 e. The zero-order valence-corrected chi connectivity index (χ0v) is 10.9. The SMILES string of the molecule is COc1cc(C)cc(C)c1-c1nnc(CCN)o1. The van der Waals surface area contributed by atoms with Gasteiger partial charge in [-0.1, -0.05) is 6.07 Å². The normalized spacial score (nSPS) is 10.7. The molecular weight excluding hydrogens is 230 g/mol. The zero-order chi connectivity index (χ0) is 13.1. The fraction of sp³-hybridized carbons (Fsp3) is 0.385. The van der Waals surface area contributed by atoms with Crippen molar-refractivity contribution in [1.82, 2.24) is 10.2 Å². The van der Waals surface area contributed by atoms with E-state index >= 15 is 0 Å². The molecule has 0 aliphatic rings. The molecule has 2 rings (SSSR count). The lowest BCUT2D eigenvalue weighted by Gasteiger charge is -2.09. The van der Waals surface area contributed by atoms with Gasteiger partial charge in [-0.3, -0.25) is 0 Å². The molecule has 0 saturated carbocycles. The van der Waals surface area contributed by atoms with Gasteiger partial charge in [-0.15, -0.1) is 10.2 Å². The monoisotopic (exact) mass is 247 g/mol. The summed E-state index contributed by atoms with van der Waals surface area (Å²) in [5, 5.41) is 8.02. The largest absolute Gasteiger partial charge is 0.496 e. The van der Waals surface area contributed by atoms with Gasteiger partial charge < -0.3 is 14.9 Å². The van der Waals surface area contributed by atoms with Gasteiger partial charge in [0.05, 0.1) is 12.7 Å². The molecule has 1 heterocycles. The summed E-state index contributed by atoms with van der Waals surface area (Å²) in [7, 11) is 1.63. The van der Waals surface area contributed by atoms with E-state index in [9.17, 15) is 0 Å². The Labute approximate surface area is 106 Å². The fourth-order valence-corrected chi connectivity index (χ4v) is 1.94. The second-order valence-corrected chi connectivity index (χ2v) is 4.20. The van der Waals surface area contributed by atoms with E-state index in [1.165, 1.54) is 0 Å². The summed E-state index contributed by atoms with van der Waals surface area (Å²) in [4.78, 5) is 0. The maximum atomic E-state index is 5.59. The summed E-state index contributed by atoms with van der Waals surface area (Å²) < 4.78 is 11.0. The van der Waals surface area contributed by atoms with Gasteiger partial charge in [-0.25, -0.2) is 0 Å². The minimum Gasteiger partial charge on any atom is -0.496 e. The zero-order valence-electron chi connectivity index (χ0n) is 10.9. The highest BCUT2D eigenvalue weighted by Crippen LogP contribution is 2.33. The quantitative estimate of drug-likeness (QED) is 0.892. The Morgan fingerprint density at radius 2 is 2.06 bits per heavy atom. The number of hydrogen-bond acceptors (Lipinski definition) is 5. The molecule has 0 fully saturated rings. The predicted octanol–water partition coefficient (Wildman–Crippen LogP) is 1.86. The first-order chi connectivity index (χ1) is 8.65. The molecule has 2 N–H and O–H groups in total. The molecule has 1 aromatic heterocycles. The summed E-state index contributed by atoms with van der Waals surface area (Å²) in [5.41, 5.74) is 8.49. The molecule has 0 spiro atoms. The number of nitrogens with two attached hydrogens (primary N) is 1. The van der Waals surface area contributed by atoms with E-state index in [1.807, 2.05) is 19.9 Å². The lowest BCUT2D eigenvalue weighted by molar-refractivity contribution is 0.413. The number of hydrogen-bond donors (Lipinski definition) is 1. The van der Waals surface area contributed by atoms with Crippen LogP contribution in [0.15, 0.2) is 16.5 Å². The molecule has 1 aromatic carbocycles. The Bertz CT molecular complexity index is 549. The van der Waals surface area contributed by atoms with Crippen molar-refractivity contribution in [1.29, 1.82) is 0 Å². The van der Waals surface area contributed by atoms with Crippen molar-refractivity contribution in [3.8, 4) is 17.2 Å². The third-order valence-corrected chi connectivity index (χ3v) is 2.70. The lowest BCUT2D eigenvalue weighted by atomic mass is 10.0. The van der Waals surface area contributed by atoms with Gasteiger partial charge in [0, 0.05) is 13.0 Å². The third-order valence-electron chi connectivity index (χ3n) is 2.70. The molecule has 18 heavy (non-hydrogen) atoms. The number of rotatable bonds is 4. The summed E-state index contributed by atoms with van der Waals surface area (Å²) in [6.45, 7) is 4.51. The summed E-state index contributed by atoms with van der Waals surface area (Å²) >= 11 is 0. The topological polar surface area (TPSA) is 74.2 Å². The average molecular weight is 247 g/mol. The van der Waals surface area contributed by atoms with Gasteiger partial charge in [0.1, 0.15) is 5.75 Å². The van der Waals surface area contributed by atoms with Crippen LogP contribution in [0.2, 0.25) is 0 Å². The summed E-state index contributed by atoms with van der Waals surface area (Å²) in [5.74, 6) is 1.78. The number of ether oxygens (including phenoxy) is 1. The first-order valence-corrected chi connectivity index (χ1v) is 5.83. The van der Waals surface area contributed by atoms with Gasteiger partial charge in [0.15, 0.2) is 0 Å². The van der Waals surface area contributed by atoms with Crippen LogP contribution in [0.25, 0.3) is 11.5 Å². The predicted molar refractivity (Wildman–Crippen MR) is 68.5 cm³/mol. The van der Waals surface area contributed by atoms with Crippen LogP contribution in [0, 0.1) is 13.8 Å². The molecule has 0 radical (unpaired) electrons. The first kappa shape index (κ1) is 12.6. The number of benzene rings is 1. The van der Waals surface area contributed by atoms with Crippen LogP contribution in [-0.2, 0) is 6.42 Å². The van der Waals surface area contributed by atoms with E-state index in [0.717, 1.165) is 22.4 Å². The van der Waals surface area contributed by atoms with Crippen LogP contribution in [-0.4, -0.2) is 23.9 Å². The fourth-order valence-electron chi connectivity index (χ4n) is 1.94. The molecule has 0 bridgehead atoms. The summed E-state index contributed by atoms with van der Waals surface area (Å²) in [6, 6.07) is 4.01. The van der Waals surface area contributed by atoms with Crippen LogP contribution in [0.3, 0.4) is 0 Å². The number of aryl methyl sites for hydroxylation is 2. The van der Waals surface area contributed by atoms with E-state index in [1.54, 1.807) is 7.11 Å². The average Bonchev–Trinajstić information content (AvgIpc) is 2.76. The van der Waals surface area contributed by atoms with Crippen molar-refractivity contribution >= 4 is 0 Å². The maximum absolute atomic E-state index is 5.59. The molecule has 0 unspecified atom stereocenters. The molecule has 5 heteroatoms. The van der Waals surface area contributed by atoms with Crippen LogP contribution in [0.4, 0.5) is 0 Å². The minimum atomic E-state index is 0.479. The van der Waals surface area contributed by atoms with E-state index in [-0.39, 0.29) is 0 Å². The van der Waals surface area contributed by atoms with E-state index < -0.39 is 0 Å².